The van der Waals surface area contributed by atoms with Crippen LogP contribution in [-0.2, 0) is 27.1 Å². The fourth-order valence-corrected chi connectivity index (χ4v) is 13.0. The van der Waals surface area contributed by atoms with E-state index in [1.165, 1.54) is 100 Å². The van der Waals surface area contributed by atoms with Crippen LogP contribution in [0.5, 0.6) is 0 Å². The minimum absolute atomic E-state index is 0.0156. The maximum atomic E-state index is 2.61. The van der Waals surface area contributed by atoms with E-state index in [9.17, 15) is 0 Å². The molecule has 3 aliphatic rings. The molecule has 0 saturated carbocycles. The molecule has 0 radical (unpaired) electrons. The van der Waals surface area contributed by atoms with Gasteiger partial charge in [-0.1, -0.05) is 181 Å². The topological polar surface area (TPSA) is 0 Å². The standard InChI is InChI=1S/C63H74/c1-13-33-63(34-14-2)55-37-43(41-21-27-47-51-31-25-45(59(9,10)15-3)39-57(51)61(17-5,18-6)53(47)35-41)23-29-49(55)50-30-24-44(38-56(50)63)42-22-28-48-52-32-26-46(60(11,12)16-4)40-58(52)62(19-7,20-8)54(48)36-42/h21-32,35-40H,13-20,33-34H2,1-12H3. The van der Waals surface area contributed by atoms with Crippen molar-refractivity contribution in [2.24, 2.45) is 0 Å². The summed E-state index contributed by atoms with van der Waals surface area (Å²) in [4.78, 5) is 0. The van der Waals surface area contributed by atoms with Gasteiger partial charge in [0.1, 0.15) is 0 Å². The summed E-state index contributed by atoms with van der Waals surface area (Å²) in [7, 11) is 0. The van der Waals surface area contributed by atoms with Gasteiger partial charge in [0.15, 0.2) is 0 Å². The van der Waals surface area contributed by atoms with E-state index in [0.29, 0.717) is 0 Å². The van der Waals surface area contributed by atoms with Crippen molar-refractivity contribution in [3.05, 3.63) is 154 Å². The Labute approximate surface area is 382 Å². The second kappa shape index (κ2) is 15.8. The van der Waals surface area contributed by atoms with Crippen LogP contribution in [-0.4, -0.2) is 0 Å². The number of hydrogen-bond donors (Lipinski definition) is 0. The van der Waals surface area contributed by atoms with Crippen molar-refractivity contribution >= 4 is 0 Å². The summed E-state index contributed by atoms with van der Waals surface area (Å²) in [6.45, 7) is 28.7. The van der Waals surface area contributed by atoms with Gasteiger partial charge in [-0.25, -0.2) is 0 Å². The third kappa shape index (κ3) is 6.27. The molecule has 0 unspecified atom stereocenters. The number of hydrogen-bond acceptors (Lipinski definition) is 0. The summed E-state index contributed by atoms with van der Waals surface area (Å²) >= 11 is 0. The number of rotatable bonds is 14. The van der Waals surface area contributed by atoms with Crippen LogP contribution < -0.4 is 0 Å². The van der Waals surface area contributed by atoms with E-state index < -0.39 is 0 Å². The van der Waals surface area contributed by atoms with Crippen molar-refractivity contribution < 1.29 is 0 Å². The monoisotopic (exact) mass is 831 g/mol. The fraction of sp³-hybridized carbons (Fsp3) is 0.429. The second-order valence-corrected chi connectivity index (χ2v) is 21.2. The van der Waals surface area contributed by atoms with E-state index in [1.54, 1.807) is 0 Å². The van der Waals surface area contributed by atoms with Crippen LogP contribution in [0.15, 0.2) is 109 Å². The molecule has 6 aromatic rings. The first-order chi connectivity index (χ1) is 30.3. The Kier molecular flexibility index (Phi) is 10.9. The predicted octanol–water partition coefficient (Wildman–Crippen LogP) is 18.4. The summed E-state index contributed by atoms with van der Waals surface area (Å²) in [6, 6.07) is 44.8. The van der Waals surface area contributed by atoms with Crippen LogP contribution in [0.3, 0.4) is 0 Å². The summed E-state index contributed by atoms with van der Waals surface area (Å²) in [5.41, 5.74) is 26.5. The van der Waals surface area contributed by atoms with Gasteiger partial charge in [-0.2, -0.15) is 0 Å². The highest BCUT2D eigenvalue weighted by Gasteiger charge is 2.45. The van der Waals surface area contributed by atoms with Gasteiger partial charge in [-0.15, -0.1) is 0 Å². The molecule has 0 amide bonds. The molecule has 0 N–H and O–H groups in total. The van der Waals surface area contributed by atoms with E-state index in [1.807, 2.05) is 0 Å². The van der Waals surface area contributed by atoms with Crippen molar-refractivity contribution in [2.45, 2.75) is 174 Å². The van der Waals surface area contributed by atoms with Crippen LogP contribution in [0.2, 0.25) is 0 Å². The van der Waals surface area contributed by atoms with Crippen molar-refractivity contribution in [3.63, 3.8) is 0 Å². The summed E-state index contributed by atoms with van der Waals surface area (Å²) in [6.07, 6.45) is 11.3. The highest BCUT2D eigenvalue weighted by atomic mass is 14.5. The van der Waals surface area contributed by atoms with Gasteiger partial charge in [-0.05, 0) is 187 Å². The smallest absolute Gasteiger partial charge is 0.0215 e. The average molecular weight is 831 g/mol. The van der Waals surface area contributed by atoms with E-state index in [4.69, 9.17) is 0 Å². The van der Waals surface area contributed by atoms with E-state index in [-0.39, 0.29) is 27.1 Å². The van der Waals surface area contributed by atoms with Crippen molar-refractivity contribution in [2.75, 3.05) is 0 Å². The van der Waals surface area contributed by atoms with E-state index >= 15 is 0 Å². The summed E-state index contributed by atoms with van der Waals surface area (Å²) in [5.74, 6) is 0. The number of benzene rings is 6. The summed E-state index contributed by atoms with van der Waals surface area (Å²) in [5, 5.41) is 0. The molecule has 0 fully saturated rings. The zero-order valence-electron chi connectivity index (χ0n) is 41.0. The molecular weight excluding hydrogens is 757 g/mol. The quantitative estimate of drug-likeness (QED) is 0.103. The molecule has 0 bridgehead atoms. The Balaban J connectivity index is 1.13. The van der Waals surface area contributed by atoms with Crippen molar-refractivity contribution in [1.82, 2.24) is 0 Å². The van der Waals surface area contributed by atoms with E-state index in [0.717, 1.165) is 64.2 Å². The first-order valence-corrected chi connectivity index (χ1v) is 25.2. The van der Waals surface area contributed by atoms with Gasteiger partial charge in [0.25, 0.3) is 0 Å². The molecule has 0 spiro atoms. The van der Waals surface area contributed by atoms with Crippen molar-refractivity contribution in [3.8, 4) is 55.6 Å². The second-order valence-electron chi connectivity index (χ2n) is 21.2. The Morgan fingerprint density at radius 3 is 0.825 bits per heavy atom. The van der Waals surface area contributed by atoms with Crippen LogP contribution >= 0.6 is 0 Å². The van der Waals surface area contributed by atoms with Gasteiger partial charge in [0, 0.05) is 16.2 Å². The Hall–Kier alpha value is -4.68. The molecule has 6 aromatic carbocycles. The normalized spacial score (nSPS) is 16.0. The third-order valence-corrected chi connectivity index (χ3v) is 17.8. The van der Waals surface area contributed by atoms with Crippen LogP contribution in [0.4, 0.5) is 0 Å². The molecule has 0 aliphatic heterocycles. The van der Waals surface area contributed by atoms with Crippen LogP contribution in [0, 0.1) is 0 Å². The predicted molar refractivity (Wildman–Crippen MR) is 274 cm³/mol. The lowest BCUT2D eigenvalue weighted by Gasteiger charge is -2.33. The highest BCUT2D eigenvalue weighted by molar-refractivity contribution is 5.90. The zero-order chi connectivity index (χ0) is 44.7. The molecule has 0 saturated heterocycles. The van der Waals surface area contributed by atoms with Gasteiger partial charge >= 0.3 is 0 Å². The minimum atomic E-state index is -0.0156. The zero-order valence-corrected chi connectivity index (χ0v) is 41.0. The molecule has 63 heavy (non-hydrogen) atoms. The Morgan fingerprint density at radius 2 is 0.571 bits per heavy atom. The molecule has 0 nitrogen and oxygen atoms in total. The molecule has 326 valence electrons. The largest absolute Gasteiger partial charge is 0.0653 e. The number of fused-ring (bicyclic) bond motifs is 9. The lowest BCUT2D eigenvalue weighted by atomic mass is 9.70. The Morgan fingerprint density at radius 1 is 0.317 bits per heavy atom. The molecule has 0 heteroatoms. The lowest BCUT2D eigenvalue weighted by molar-refractivity contribution is 0.436. The maximum Gasteiger partial charge on any atom is 0.0215 e. The van der Waals surface area contributed by atoms with Crippen LogP contribution in [0.25, 0.3) is 55.6 Å². The first kappa shape index (κ1) is 43.6. The molecule has 3 aliphatic carbocycles. The molecule has 0 heterocycles. The van der Waals surface area contributed by atoms with Crippen molar-refractivity contribution in [1.29, 1.82) is 0 Å². The van der Waals surface area contributed by atoms with Gasteiger partial charge < -0.3 is 0 Å². The van der Waals surface area contributed by atoms with Gasteiger partial charge in [0.05, 0.1) is 0 Å². The average Bonchev–Trinajstić information content (AvgIpc) is 3.86. The SMILES string of the molecule is CCCC1(CCC)c2cc(-c3ccc4c(c3)C(CC)(CC)c3cc(C(C)(C)CC)ccc3-4)ccc2-c2ccc(-c3ccc4c(c3)C(CC)(CC)c3cc(C(C)(C)CC)ccc3-4)cc21. The molecule has 0 atom stereocenters. The van der Waals surface area contributed by atoms with Gasteiger partial charge in [-0.3, -0.25) is 0 Å². The first-order valence-electron chi connectivity index (χ1n) is 25.2. The highest BCUT2D eigenvalue weighted by Crippen LogP contribution is 2.59. The van der Waals surface area contributed by atoms with Gasteiger partial charge in [0.2, 0.25) is 0 Å². The minimum Gasteiger partial charge on any atom is -0.0653 e. The molecular formula is C63H74. The maximum absolute atomic E-state index is 2.61. The lowest BCUT2D eigenvalue weighted by Crippen LogP contribution is -2.25. The van der Waals surface area contributed by atoms with Crippen LogP contribution in [0.1, 0.15) is 192 Å². The molecule has 0 aromatic heterocycles. The Bertz CT molecular complexity index is 2530. The molecule has 9 rings (SSSR count). The third-order valence-electron chi connectivity index (χ3n) is 17.8. The summed E-state index contributed by atoms with van der Waals surface area (Å²) < 4.78 is 0. The fourth-order valence-electron chi connectivity index (χ4n) is 13.0. The van der Waals surface area contributed by atoms with E-state index in [2.05, 4.69) is 192 Å².